The van der Waals surface area contributed by atoms with E-state index in [-0.39, 0.29) is 23.1 Å². The Morgan fingerprint density at radius 2 is 1.96 bits per heavy atom. The number of fused-ring (bicyclic) bond motifs is 1. The third-order valence-electron chi connectivity index (χ3n) is 5.53. The lowest BCUT2D eigenvalue weighted by atomic mass is 10.0. The number of carbonyl (C=O) groups excluding carboxylic acids is 2. The number of hydrogen-bond donors (Lipinski definition) is 3. The van der Waals surface area contributed by atoms with E-state index in [1.54, 1.807) is 6.07 Å². The van der Waals surface area contributed by atoms with Crippen molar-refractivity contribution in [3.05, 3.63) is 30.1 Å². The van der Waals surface area contributed by atoms with E-state index >= 15 is 0 Å². The predicted molar refractivity (Wildman–Crippen MR) is 102 cm³/mol. The third-order valence-corrected chi connectivity index (χ3v) is 5.53. The van der Waals surface area contributed by atoms with E-state index in [0.29, 0.717) is 18.8 Å². The molecule has 1 saturated carbocycles. The van der Waals surface area contributed by atoms with Gasteiger partial charge in [-0.05, 0) is 55.7 Å². The highest BCUT2D eigenvalue weighted by atomic mass is 16.2. The molecule has 0 unspecified atom stereocenters. The van der Waals surface area contributed by atoms with Crippen molar-refractivity contribution in [2.75, 3.05) is 13.1 Å². The van der Waals surface area contributed by atoms with E-state index in [1.807, 2.05) is 32.2 Å². The minimum atomic E-state index is -0.138. The Morgan fingerprint density at radius 1 is 1.19 bits per heavy atom. The molecule has 0 saturated heterocycles. The molecule has 26 heavy (non-hydrogen) atoms. The molecule has 2 heterocycles. The normalized spacial score (nSPS) is 15.2. The third kappa shape index (κ3) is 4.23. The van der Waals surface area contributed by atoms with Crippen LogP contribution in [0.5, 0.6) is 0 Å². The number of nitrogens with zero attached hydrogens (tertiary/aromatic N) is 1. The summed E-state index contributed by atoms with van der Waals surface area (Å²) in [7, 11) is 0. The van der Waals surface area contributed by atoms with E-state index in [4.69, 9.17) is 0 Å². The Hall–Kier alpha value is -2.37. The van der Waals surface area contributed by atoms with Crippen LogP contribution in [-0.2, 0) is 4.79 Å². The molecule has 6 heteroatoms. The molecule has 0 atom stereocenters. The molecule has 3 rings (SSSR count). The number of pyridine rings is 1. The molecule has 1 aliphatic carbocycles. The van der Waals surface area contributed by atoms with Gasteiger partial charge in [-0.1, -0.05) is 13.8 Å². The zero-order chi connectivity index (χ0) is 18.6. The summed E-state index contributed by atoms with van der Waals surface area (Å²) < 4.78 is 0. The molecule has 0 bridgehead atoms. The SMILES string of the molecule is CCC(CC)C(=O)NCCC1(CNC(=O)c2ccc3[nH]ccc3n2)CC1. The summed E-state index contributed by atoms with van der Waals surface area (Å²) in [6.45, 7) is 5.41. The molecule has 2 amide bonds. The summed E-state index contributed by atoms with van der Waals surface area (Å²) in [5.74, 6) is 0.124. The van der Waals surface area contributed by atoms with E-state index in [0.717, 1.165) is 43.1 Å². The molecule has 1 aliphatic rings. The highest BCUT2D eigenvalue weighted by Gasteiger charge is 2.42. The largest absolute Gasteiger partial charge is 0.360 e. The first-order chi connectivity index (χ1) is 12.6. The first-order valence-electron chi connectivity index (χ1n) is 9.57. The minimum Gasteiger partial charge on any atom is -0.360 e. The smallest absolute Gasteiger partial charge is 0.269 e. The van der Waals surface area contributed by atoms with Gasteiger partial charge >= 0.3 is 0 Å². The van der Waals surface area contributed by atoms with E-state index in [9.17, 15) is 9.59 Å². The van der Waals surface area contributed by atoms with Crippen molar-refractivity contribution in [1.29, 1.82) is 0 Å². The zero-order valence-electron chi connectivity index (χ0n) is 15.6. The second-order valence-corrected chi connectivity index (χ2v) is 7.34. The first-order valence-corrected chi connectivity index (χ1v) is 9.57. The van der Waals surface area contributed by atoms with Crippen LogP contribution in [0.1, 0.15) is 56.4 Å². The van der Waals surface area contributed by atoms with Crippen molar-refractivity contribution in [2.24, 2.45) is 11.3 Å². The number of hydrogen-bond acceptors (Lipinski definition) is 3. The molecule has 2 aromatic rings. The average molecular weight is 356 g/mol. The topological polar surface area (TPSA) is 86.9 Å². The van der Waals surface area contributed by atoms with Crippen LogP contribution < -0.4 is 10.6 Å². The Balaban J connectivity index is 1.46. The molecule has 0 spiro atoms. The van der Waals surface area contributed by atoms with Crippen LogP contribution in [0.15, 0.2) is 24.4 Å². The van der Waals surface area contributed by atoms with Crippen molar-refractivity contribution >= 4 is 22.8 Å². The van der Waals surface area contributed by atoms with Crippen LogP contribution >= 0.6 is 0 Å². The molecule has 0 aromatic carbocycles. The van der Waals surface area contributed by atoms with Gasteiger partial charge in [0, 0.05) is 25.2 Å². The lowest BCUT2D eigenvalue weighted by Gasteiger charge is -2.18. The van der Waals surface area contributed by atoms with Crippen LogP contribution in [-0.4, -0.2) is 34.9 Å². The van der Waals surface area contributed by atoms with Gasteiger partial charge < -0.3 is 15.6 Å². The fourth-order valence-corrected chi connectivity index (χ4v) is 3.37. The van der Waals surface area contributed by atoms with E-state index in [1.165, 1.54) is 0 Å². The maximum absolute atomic E-state index is 12.4. The van der Waals surface area contributed by atoms with Crippen molar-refractivity contribution in [1.82, 2.24) is 20.6 Å². The van der Waals surface area contributed by atoms with Crippen molar-refractivity contribution in [2.45, 2.75) is 46.0 Å². The number of aromatic nitrogens is 2. The van der Waals surface area contributed by atoms with Gasteiger partial charge in [-0.2, -0.15) is 0 Å². The standard InChI is InChI=1S/C20H28N4O2/c1-3-14(4-2)18(25)22-12-10-20(8-9-20)13-23-19(26)17-6-5-15-16(24-17)7-11-21-15/h5-7,11,14,21H,3-4,8-10,12-13H2,1-2H3,(H,22,25)(H,23,26). The van der Waals surface area contributed by atoms with Gasteiger partial charge in [0.2, 0.25) is 5.91 Å². The maximum atomic E-state index is 12.4. The summed E-state index contributed by atoms with van der Waals surface area (Å²) in [5, 5.41) is 6.07. The fraction of sp³-hybridized carbons (Fsp3) is 0.550. The van der Waals surface area contributed by atoms with Crippen LogP contribution in [0.2, 0.25) is 0 Å². The van der Waals surface area contributed by atoms with Crippen molar-refractivity contribution in [3.63, 3.8) is 0 Å². The second kappa shape index (κ2) is 7.89. The lowest BCUT2D eigenvalue weighted by Crippen LogP contribution is -2.35. The number of amides is 2. The first kappa shape index (κ1) is 18.4. The summed E-state index contributed by atoms with van der Waals surface area (Å²) in [6.07, 6.45) is 6.67. The van der Waals surface area contributed by atoms with Crippen LogP contribution in [0.3, 0.4) is 0 Å². The molecule has 140 valence electrons. The highest BCUT2D eigenvalue weighted by molar-refractivity contribution is 5.94. The number of H-pyrrole nitrogens is 1. The number of nitrogens with one attached hydrogen (secondary N) is 3. The molecule has 2 aromatic heterocycles. The highest BCUT2D eigenvalue weighted by Crippen LogP contribution is 2.47. The zero-order valence-corrected chi connectivity index (χ0v) is 15.6. The number of carbonyl (C=O) groups is 2. The Labute approximate surface area is 154 Å². The number of aromatic amines is 1. The summed E-state index contributed by atoms with van der Waals surface area (Å²) in [6, 6.07) is 5.47. The Bertz CT molecular complexity index is 775. The molecule has 1 fully saturated rings. The van der Waals surface area contributed by atoms with E-state index in [2.05, 4.69) is 20.6 Å². The molecular weight excluding hydrogens is 328 g/mol. The lowest BCUT2D eigenvalue weighted by molar-refractivity contribution is -0.125. The van der Waals surface area contributed by atoms with E-state index < -0.39 is 0 Å². The molecule has 6 nitrogen and oxygen atoms in total. The minimum absolute atomic E-state index is 0.110. The van der Waals surface area contributed by atoms with Crippen molar-refractivity contribution < 1.29 is 9.59 Å². The van der Waals surface area contributed by atoms with Gasteiger partial charge in [0.25, 0.3) is 5.91 Å². The van der Waals surface area contributed by atoms with Gasteiger partial charge in [0.15, 0.2) is 0 Å². The maximum Gasteiger partial charge on any atom is 0.269 e. The van der Waals surface area contributed by atoms with Gasteiger partial charge in [-0.3, -0.25) is 9.59 Å². The monoisotopic (exact) mass is 356 g/mol. The Morgan fingerprint density at radius 3 is 2.65 bits per heavy atom. The molecule has 0 radical (unpaired) electrons. The van der Waals surface area contributed by atoms with Gasteiger partial charge in [-0.25, -0.2) is 4.98 Å². The summed E-state index contributed by atoms with van der Waals surface area (Å²) >= 11 is 0. The number of rotatable bonds is 9. The Kier molecular flexibility index (Phi) is 5.59. The summed E-state index contributed by atoms with van der Waals surface area (Å²) in [5.41, 5.74) is 2.29. The van der Waals surface area contributed by atoms with Crippen molar-refractivity contribution in [3.8, 4) is 0 Å². The van der Waals surface area contributed by atoms with Gasteiger partial charge in [-0.15, -0.1) is 0 Å². The molecule has 3 N–H and O–H groups in total. The average Bonchev–Trinajstić information content (AvgIpc) is 3.26. The predicted octanol–water partition coefficient (Wildman–Crippen LogP) is 3.02. The van der Waals surface area contributed by atoms with Gasteiger partial charge in [0.1, 0.15) is 5.69 Å². The summed E-state index contributed by atoms with van der Waals surface area (Å²) in [4.78, 5) is 31.9. The van der Waals surface area contributed by atoms with Crippen LogP contribution in [0.25, 0.3) is 11.0 Å². The van der Waals surface area contributed by atoms with Crippen LogP contribution in [0.4, 0.5) is 0 Å². The van der Waals surface area contributed by atoms with Gasteiger partial charge in [0.05, 0.1) is 11.0 Å². The van der Waals surface area contributed by atoms with Crippen LogP contribution in [0, 0.1) is 11.3 Å². The quantitative estimate of drug-likeness (QED) is 0.645. The molecule has 0 aliphatic heterocycles. The second-order valence-electron chi connectivity index (χ2n) is 7.34. The molecular formula is C20H28N4O2. The fourth-order valence-electron chi connectivity index (χ4n) is 3.37.